The maximum atomic E-state index is 14.2. The van der Waals surface area contributed by atoms with Crippen LogP contribution in [0.15, 0.2) is 36.4 Å². The van der Waals surface area contributed by atoms with Gasteiger partial charge in [-0.25, -0.2) is 4.68 Å². The van der Waals surface area contributed by atoms with Crippen molar-refractivity contribution in [3.63, 3.8) is 0 Å². The fourth-order valence-electron chi connectivity index (χ4n) is 5.17. The minimum Gasteiger partial charge on any atom is -0.493 e. The minimum absolute atomic E-state index is 0.0393. The topological polar surface area (TPSA) is 108 Å². The summed E-state index contributed by atoms with van der Waals surface area (Å²) in [5.74, 6) is 0.784. The molecule has 1 aromatic heterocycles. The number of para-hydroxylation sites is 1. The predicted molar refractivity (Wildman–Crippen MR) is 148 cm³/mol. The van der Waals surface area contributed by atoms with E-state index < -0.39 is 11.6 Å². The van der Waals surface area contributed by atoms with E-state index in [1.54, 1.807) is 21.7 Å². The van der Waals surface area contributed by atoms with E-state index in [0.29, 0.717) is 28.3 Å². The number of methoxy groups -OCH3 is 3. The average molecular weight is 538 g/mol. The third kappa shape index (κ3) is 5.94. The Balaban J connectivity index is 1.83. The highest BCUT2D eigenvalue weighted by molar-refractivity contribution is 5.90. The third-order valence-electron chi connectivity index (χ3n) is 7.59. The molecule has 1 fully saturated rings. The Bertz CT molecular complexity index is 1290. The van der Waals surface area contributed by atoms with Crippen LogP contribution >= 0.6 is 0 Å². The van der Waals surface area contributed by atoms with Crippen LogP contribution in [0.4, 0.5) is 0 Å². The van der Waals surface area contributed by atoms with Crippen molar-refractivity contribution in [2.24, 2.45) is 0 Å². The molecule has 0 radical (unpaired) electrons. The van der Waals surface area contributed by atoms with Gasteiger partial charge in [-0.1, -0.05) is 37.1 Å². The Morgan fingerprint density at radius 3 is 2.31 bits per heavy atom. The largest absolute Gasteiger partial charge is 0.493 e. The Kier molecular flexibility index (Phi) is 8.62. The van der Waals surface area contributed by atoms with Crippen molar-refractivity contribution in [3.8, 4) is 17.2 Å². The molecule has 1 heterocycles. The monoisotopic (exact) mass is 537 g/mol. The van der Waals surface area contributed by atoms with E-state index >= 15 is 0 Å². The van der Waals surface area contributed by atoms with Gasteiger partial charge in [0.05, 0.1) is 26.8 Å². The highest BCUT2D eigenvalue weighted by Crippen LogP contribution is 2.42. The average Bonchev–Trinajstić information content (AvgIpc) is 3.61. The predicted octanol–water partition coefficient (Wildman–Crippen LogP) is 4.27. The molecule has 0 bridgehead atoms. The van der Waals surface area contributed by atoms with Gasteiger partial charge in [-0.05, 0) is 62.9 Å². The molecule has 2 aromatic carbocycles. The first-order chi connectivity index (χ1) is 18.7. The van der Waals surface area contributed by atoms with Gasteiger partial charge < -0.3 is 24.4 Å². The summed E-state index contributed by atoms with van der Waals surface area (Å²) in [4.78, 5) is 30.1. The summed E-state index contributed by atoms with van der Waals surface area (Å²) in [6.07, 6.45) is 4.34. The van der Waals surface area contributed by atoms with Crippen molar-refractivity contribution < 1.29 is 23.8 Å². The van der Waals surface area contributed by atoms with Crippen molar-refractivity contribution >= 4 is 22.8 Å². The minimum atomic E-state index is -0.921. The lowest BCUT2D eigenvalue weighted by Gasteiger charge is -2.38. The van der Waals surface area contributed by atoms with Gasteiger partial charge in [-0.15, -0.1) is 5.10 Å². The number of carbonyl (C=O) groups is 2. The van der Waals surface area contributed by atoms with E-state index in [2.05, 4.69) is 15.6 Å². The second-order valence-electron chi connectivity index (χ2n) is 10.6. The van der Waals surface area contributed by atoms with Gasteiger partial charge in [0.2, 0.25) is 17.6 Å². The molecule has 1 aliphatic carbocycles. The first-order valence-corrected chi connectivity index (χ1v) is 13.4. The summed E-state index contributed by atoms with van der Waals surface area (Å²) in [6.45, 7) is 5.92. The zero-order valence-electron chi connectivity index (χ0n) is 23.7. The second-order valence-corrected chi connectivity index (χ2v) is 10.6. The Hall–Kier alpha value is -3.82. The fourth-order valence-corrected chi connectivity index (χ4v) is 5.17. The molecule has 1 atom stereocenters. The van der Waals surface area contributed by atoms with E-state index in [1.165, 1.54) is 21.3 Å². The molecule has 4 rings (SSSR count). The molecule has 1 saturated carbocycles. The van der Waals surface area contributed by atoms with Gasteiger partial charge in [0.25, 0.3) is 0 Å². The van der Waals surface area contributed by atoms with Crippen molar-refractivity contribution in [3.05, 3.63) is 42.0 Å². The second kappa shape index (κ2) is 11.9. The number of rotatable bonds is 11. The number of amides is 2. The van der Waals surface area contributed by atoms with E-state index in [1.807, 2.05) is 45.0 Å². The first-order valence-electron chi connectivity index (χ1n) is 13.4. The number of nitrogens with one attached hydrogen (secondary N) is 1. The van der Waals surface area contributed by atoms with Crippen LogP contribution in [0.2, 0.25) is 0 Å². The molecule has 10 nitrogen and oxygen atoms in total. The molecule has 0 aliphatic heterocycles. The van der Waals surface area contributed by atoms with Crippen LogP contribution in [0, 0.1) is 0 Å². The number of hydrogen-bond acceptors (Lipinski definition) is 7. The number of aromatic nitrogens is 3. The van der Waals surface area contributed by atoms with Gasteiger partial charge in [-0.2, -0.15) is 0 Å². The summed E-state index contributed by atoms with van der Waals surface area (Å²) < 4.78 is 18.3. The maximum absolute atomic E-state index is 14.2. The van der Waals surface area contributed by atoms with Gasteiger partial charge in [-0.3, -0.25) is 9.59 Å². The first kappa shape index (κ1) is 28.2. The Labute approximate surface area is 229 Å². The molecule has 39 heavy (non-hydrogen) atoms. The summed E-state index contributed by atoms with van der Waals surface area (Å²) >= 11 is 0. The summed E-state index contributed by atoms with van der Waals surface area (Å²) in [6, 6.07) is 10.00. The quantitative estimate of drug-likeness (QED) is 0.389. The third-order valence-corrected chi connectivity index (χ3v) is 7.59. The molecule has 0 spiro atoms. The standard InChI is InChI=1S/C29H39N5O5/c1-7-29(2,3)30-28(36)26(19-16-23(37-4)27(39-6)24(17-19)38-5)34(20-12-8-9-13-20)25(35)18-33-22-15-11-10-14-21(22)31-32-33/h10-11,14-17,20,26H,7-9,12-13,18H2,1-6H3,(H,30,36)/t26-/m1/s1. The number of carbonyl (C=O) groups excluding carboxylic acids is 2. The van der Waals surface area contributed by atoms with Crippen LogP contribution < -0.4 is 19.5 Å². The summed E-state index contributed by atoms with van der Waals surface area (Å²) in [5, 5.41) is 11.6. The zero-order valence-corrected chi connectivity index (χ0v) is 23.7. The smallest absolute Gasteiger partial charge is 0.247 e. The van der Waals surface area contributed by atoms with Crippen molar-refractivity contribution in [2.45, 2.75) is 77.0 Å². The number of hydrogen-bond donors (Lipinski definition) is 1. The maximum Gasteiger partial charge on any atom is 0.247 e. The Morgan fingerprint density at radius 2 is 1.72 bits per heavy atom. The van der Waals surface area contributed by atoms with Crippen LogP contribution in [0.3, 0.4) is 0 Å². The lowest BCUT2D eigenvalue weighted by atomic mass is 9.96. The lowest BCUT2D eigenvalue weighted by Crippen LogP contribution is -2.53. The Morgan fingerprint density at radius 1 is 1.08 bits per heavy atom. The number of nitrogens with zero attached hydrogens (tertiary/aromatic N) is 4. The van der Waals surface area contributed by atoms with Crippen LogP contribution in [0.25, 0.3) is 11.0 Å². The SMILES string of the molecule is CCC(C)(C)NC(=O)[C@@H](c1cc(OC)c(OC)c(OC)c1)N(C(=O)Cn1nnc2ccccc21)C1CCCC1. The van der Waals surface area contributed by atoms with E-state index in [0.717, 1.165) is 37.6 Å². The normalized spacial score (nSPS) is 14.7. The molecule has 1 aliphatic rings. The zero-order chi connectivity index (χ0) is 28.2. The molecule has 1 N–H and O–H groups in total. The van der Waals surface area contributed by atoms with Gasteiger partial charge >= 0.3 is 0 Å². The van der Waals surface area contributed by atoms with Crippen molar-refractivity contribution in [1.82, 2.24) is 25.2 Å². The number of fused-ring (bicyclic) bond motifs is 1. The summed E-state index contributed by atoms with van der Waals surface area (Å²) in [7, 11) is 4.60. The van der Waals surface area contributed by atoms with E-state index in [9.17, 15) is 9.59 Å². The van der Waals surface area contributed by atoms with Crippen LogP contribution in [0.1, 0.15) is 64.5 Å². The molecule has 2 amide bonds. The molecular formula is C29H39N5O5. The molecular weight excluding hydrogens is 498 g/mol. The molecule has 10 heteroatoms. The van der Waals surface area contributed by atoms with Crippen LogP contribution in [0.5, 0.6) is 17.2 Å². The van der Waals surface area contributed by atoms with E-state index in [4.69, 9.17) is 14.2 Å². The highest BCUT2D eigenvalue weighted by atomic mass is 16.5. The number of ether oxygens (including phenoxy) is 3. The number of benzene rings is 2. The van der Waals surface area contributed by atoms with E-state index in [-0.39, 0.29) is 24.4 Å². The fraction of sp³-hybridized carbons (Fsp3) is 0.517. The van der Waals surface area contributed by atoms with Gasteiger partial charge in [0, 0.05) is 11.6 Å². The van der Waals surface area contributed by atoms with Gasteiger partial charge in [0.1, 0.15) is 18.1 Å². The molecule has 0 saturated heterocycles. The lowest BCUT2D eigenvalue weighted by molar-refractivity contribution is -0.145. The molecule has 0 unspecified atom stereocenters. The highest BCUT2D eigenvalue weighted by Gasteiger charge is 2.40. The molecule has 210 valence electrons. The van der Waals surface area contributed by atoms with Crippen molar-refractivity contribution in [2.75, 3.05) is 21.3 Å². The molecule has 3 aromatic rings. The summed E-state index contributed by atoms with van der Waals surface area (Å²) in [5.41, 5.74) is 1.58. The van der Waals surface area contributed by atoms with Crippen molar-refractivity contribution in [1.29, 1.82) is 0 Å². The van der Waals surface area contributed by atoms with Crippen LogP contribution in [-0.4, -0.2) is 64.6 Å². The van der Waals surface area contributed by atoms with Gasteiger partial charge in [0.15, 0.2) is 11.5 Å². The van der Waals surface area contributed by atoms with Crippen LogP contribution in [-0.2, 0) is 16.1 Å².